The number of rotatable bonds is 5. The fourth-order valence-corrected chi connectivity index (χ4v) is 3.35. The van der Waals surface area contributed by atoms with Crippen LogP contribution in [0.2, 0.25) is 5.02 Å². The highest BCUT2D eigenvalue weighted by Crippen LogP contribution is 2.35. The molecule has 0 radical (unpaired) electrons. The van der Waals surface area contributed by atoms with Crippen LogP contribution in [0.3, 0.4) is 0 Å². The fraction of sp³-hybridized carbons (Fsp3) is 0.143. The van der Waals surface area contributed by atoms with E-state index in [4.69, 9.17) is 21.6 Å². The molecule has 0 amide bonds. The second kappa shape index (κ2) is 9.07. The van der Waals surface area contributed by atoms with Crippen molar-refractivity contribution in [3.63, 3.8) is 0 Å². The highest BCUT2D eigenvalue weighted by Gasteiger charge is 2.38. The molecule has 0 saturated heterocycles. The quantitative estimate of drug-likeness (QED) is 0.442. The lowest BCUT2D eigenvalue weighted by molar-refractivity contribution is -0.142. The van der Waals surface area contributed by atoms with Crippen LogP contribution in [0.4, 0.5) is 13.2 Å². The zero-order chi connectivity index (χ0) is 25.3. The summed E-state index contributed by atoms with van der Waals surface area (Å²) < 4.78 is 48.3. The summed E-state index contributed by atoms with van der Waals surface area (Å²) in [5.74, 6) is -1.40. The van der Waals surface area contributed by atoms with Gasteiger partial charge in [0.2, 0.25) is 5.75 Å². The standard InChI is InChI=1S/C21H13ClF3N7O3/c1-31-8-13(7-28-31)16-4-12(19(33)30-29-16)9-32-10-27-18(21(23,24)25)17(20(32)34)35-15-3-11(6-26)2-14(22)5-15/h2-5,7-8,10H,9H2,1H3,(H,30,33). The molecular formula is C21H13ClF3N7O3. The van der Waals surface area contributed by atoms with Gasteiger partial charge in [-0.3, -0.25) is 18.8 Å². The van der Waals surface area contributed by atoms with E-state index in [1.807, 2.05) is 0 Å². The number of H-pyrrole nitrogens is 1. The first-order valence-corrected chi connectivity index (χ1v) is 10.1. The third kappa shape index (κ3) is 5.07. The van der Waals surface area contributed by atoms with E-state index < -0.39 is 35.3 Å². The normalized spacial score (nSPS) is 11.3. The molecule has 10 nitrogen and oxygen atoms in total. The third-order valence-corrected chi connectivity index (χ3v) is 4.93. The van der Waals surface area contributed by atoms with Crippen LogP contribution in [0, 0.1) is 11.3 Å². The number of benzene rings is 1. The second-order valence-corrected chi connectivity index (χ2v) is 7.69. The van der Waals surface area contributed by atoms with Crippen molar-refractivity contribution in [2.45, 2.75) is 12.7 Å². The summed E-state index contributed by atoms with van der Waals surface area (Å²) in [5, 5.41) is 19.3. The van der Waals surface area contributed by atoms with Gasteiger partial charge in [-0.1, -0.05) is 11.6 Å². The van der Waals surface area contributed by atoms with Crippen LogP contribution in [0.1, 0.15) is 16.8 Å². The zero-order valence-electron chi connectivity index (χ0n) is 17.7. The van der Waals surface area contributed by atoms with Gasteiger partial charge in [0.25, 0.3) is 11.1 Å². The molecule has 0 atom stereocenters. The Hall–Kier alpha value is -4.44. The Kier molecular flexibility index (Phi) is 6.14. The monoisotopic (exact) mass is 503 g/mol. The van der Waals surface area contributed by atoms with Crippen LogP contribution >= 0.6 is 11.6 Å². The molecule has 178 valence electrons. The van der Waals surface area contributed by atoms with Gasteiger partial charge in [0, 0.05) is 29.4 Å². The number of aryl methyl sites for hydroxylation is 1. The molecule has 4 aromatic rings. The van der Waals surface area contributed by atoms with E-state index in [0.717, 1.165) is 16.7 Å². The Morgan fingerprint density at radius 1 is 1.23 bits per heavy atom. The Bertz CT molecular complexity index is 1580. The summed E-state index contributed by atoms with van der Waals surface area (Å²) in [5.41, 5.74) is -2.48. The van der Waals surface area contributed by atoms with Crippen LogP contribution in [-0.4, -0.2) is 29.5 Å². The number of nitrogens with zero attached hydrogens (tertiary/aromatic N) is 6. The van der Waals surface area contributed by atoms with E-state index in [1.54, 1.807) is 19.3 Å². The fourth-order valence-electron chi connectivity index (χ4n) is 3.13. The van der Waals surface area contributed by atoms with Crippen LogP contribution in [-0.2, 0) is 19.8 Å². The number of hydrogen-bond acceptors (Lipinski definition) is 7. The summed E-state index contributed by atoms with van der Waals surface area (Å²) in [6.07, 6.45) is -1.21. The Balaban J connectivity index is 1.78. The molecule has 0 aliphatic carbocycles. The molecule has 0 saturated carbocycles. The van der Waals surface area contributed by atoms with Crippen molar-refractivity contribution in [2.75, 3.05) is 0 Å². The van der Waals surface area contributed by atoms with Crippen LogP contribution in [0.15, 0.2) is 52.6 Å². The Morgan fingerprint density at radius 2 is 2.00 bits per heavy atom. The molecule has 0 fully saturated rings. The lowest BCUT2D eigenvalue weighted by Gasteiger charge is -2.15. The number of aromatic nitrogens is 6. The lowest BCUT2D eigenvalue weighted by Crippen LogP contribution is -2.28. The molecule has 0 bridgehead atoms. The highest BCUT2D eigenvalue weighted by molar-refractivity contribution is 6.30. The van der Waals surface area contributed by atoms with Gasteiger partial charge in [-0.2, -0.15) is 28.6 Å². The highest BCUT2D eigenvalue weighted by atomic mass is 35.5. The maximum atomic E-state index is 13.6. The number of ether oxygens (including phenoxy) is 1. The molecule has 3 aromatic heterocycles. The SMILES string of the molecule is Cn1cc(-c2cc(Cn3cnc(C(F)(F)F)c(Oc4cc(Cl)cc(C#N)c4)c3=O)c(=O)[nH]n2)cn1. The zero-order valence-corrected chi connectivity index (χ0v) is 18.4. The van der Waals surface area contributed by atoms with Gasteiger partial charge in [-0.25, -0.2) is 10.1 Å². The molecule has 0 aliphatic heterocycles. The molecule has 14 heteroatoms. The van der Waals surface area contributed by atoms with E-state index in [1.165, 1.54) is 23.0 Å². The van der Waals surface area contributed by atoms with E-state index in [0.29, 0.717) is 17.6 Å². The third-order valence-electron chi connectivity index (χ3n) is 4.71. The van der Waals surface area contributed by atoms with Gasteiger partial charge in [0.1, 0.15) is 5.75 Å². The Labute approximate surface area is 198 Å². The second-order valence-electron chi connectivity index (χ2n) is 7.25. The first-order chi connectivity index (χ1) is 16.5. The molecule has 1 aromatic carbocycles. The van der Waals surface area contributed by atoms with Crippen molar-refractivity contribution < 1.29 is 17.9 Å². The minimum atomic E-state index is -5.02. The Morgan fingerprint density at radius 3 is 2.66 bits per heavy atom. The van der Waals surface area contributed by atoms with Crippen LogP contribution < -0.4 is 15.9 Å². The van der Waals surface area contributed by atoms with Gasteiger partial charge in [-0.15, -0.1) is 0 Å². The largest absolute Gasteiger partial charge is 0.449 e. The van der Waals surface area contributed by atoms with E-state index in [2.05, 4.69) is 20.3 Å². The van der Waals surface area contributed by atoms with Gasteiger partial charge >= 0.3 is 6.18 Å². The van der Waals surface area contributed by atoms with Gasteiger partial charge in [0.15, 0.2) is 5.69 Å². The number of alkyl halides is 3. The topological polar surface area (TPSA) is 131 Å². The number of nitrogens with one attached hydrogen (secondary N) is 1. The van der Waals surface area contributed by atoms with Crippen molar-refractivity contribution in [1.29, 1.82) is 5.26 Å². The predicted octanol–water partition coefficient (Wildman–Crippen LogP) is 3.11. The molecule has 1 N–H and O–H groups in total. The summed E-state index contributed by atoms with van der Waals surface area (Å²) in [6.45, 7) is -0.426. The smallest absolute Gasteiger partial charge is 0.437 e. The summed E-state index contributed by atoms with van der Waals surface area (Å²) >= 11 is 5.88. The number of aromatic amines is 1. The van der Waals surface area contributed by atoms with Crippen LogP contribution in [0.25, 0.3) is 11.3 Å². The number of nitriles is 1. The van der Waals surface area contributed by atoms with E-state index in [-0.39, 0.29) is 21.9 Å². The number of halogens is 4. The minimum absolute atomic E-state index is 0.0107. The predicted molar refractivity (Wildman–Crippen MR) is 116 cm³/mol. The molecule has 0 aliphatic rings. The molecular weight excluding hydrogens is 491 g/mol. The molecule has 0 spiro atoms. The van der Waals surface area contributed by atoms with Crippen LogP contribution in [0.5, 0.6) is 11.5 Å². The van der Waals surface area contributed by atoms with E-state index in [9.17, 15) is 22.8 Å². The summed E-state index contributed by atoms with van der Waals surface area (Å²) in [7, 11) is 1.69. The van der Waals surface area contributed by atoms with E-state index >= 15 is 0 Å². The first-order valence-electron chi connectivity index (χ1n) is 9.68. The first kappa shape index (κ1) is 23.7. The minimum Gasteiger partial charge on any atom is -0.449 e. The number of hydrogen-bond donors (Lipinski definition) is 1. The molecule has 4 rings (SSSR count). The molecule has 0 unspecified atom stereocenters. The van der Waals surface area contributed by atoms with Crippen molar-refractivity contribution in [3.8, 4) is 28.8 Å². The van der Waals surface area contributed by atoms with Crippen molar-refractivity contribution >= 4 is 11.6 Å². The summed E-state index contributed by atoms with van der Waals surface area (Å²) in [6, 6.07) is 6.72. The maximum Gasteiger partial charge on any atom is 0.437 e. The van der Waals surface area contributed by atoms with Crippen molar-refractivity contribution in [2.24, 2.45) is 7.05 Å². The lowest BCUT2D eigenvalue weighted by atomic mass is 10.2. The van der Waals surface area contributed by atoms with Crippen molar-refractivity contribution in [1.82, 2.24) is 29.5 Å². The average molecular weight is 504 g/mol. The van der Waals surface area contributed by atoms with Crippen molar-refractivity contribution in [3.05, 3.63) is 85.5 Å². The van der Waals surface area contributed by atoms with Gasteiger partial charge < -0.3 is 4.74 Å². The van der Waals surface area contributed by atoms with Gasteiger partial charge in [0.05, 0.1) is 36.4 Å². The molecule has 3 heterocycles. The van der Waals surface area contributed by atoms with Gasteiger partial charge in [-0.05, 0) is 24.3 Å². The maximum absolute atomic E-state index is 13.6. The summed E-state index contributed by atoms with van der Waals surface area (Å²) in [4.78, 5) is 28.7. The average Bonchev–Trinajstić information content (AvgIpc) is 3.23. The molecule has 35 heavy (non-hydrogen) atoms.